The highest BCUT2D eigenvalue weighted by atomic mass is 16.5. The summed E-state index contributed by atoms with van der Waals surface area (Å²) in [6.45, 7) is 3.30. The molecular weight excluding hydrogens is 294 g/mol. The lowest BCUT2D eigenvalue weighted by molar-refractivity contribution is 0.0662. The maximum absolute atomic E-state index is 12.3. The molecule has 1 aliphatic rings. The first kappa shape index (κ1) is 15.4. The lowest BCUT2D eigenvalue weighted by atomic mass is 10.1. The second-order valence-corrected chi connectivity index (χ2v) is 5.70. The molecule has 3 rings (SSSR count). The number of carbonyl (C=O) groups excluding carboxylic acids is 2. The third-order valence-corrected chi connectivity index (χ3v) is 4.08. The Labute approximate surface area is 134 Å². The molecule has 6 nitrogen and oxygen atoms in total. The Morgan fingerprint density at radius 1 is 1.39 bits per heavy atom. The van der Waals surface area contributed by atoms with Crippen LogP contribution >= 0.6 is 0 Å². The number of hydrogen-bond acceptors (Lipinski definition) is 4. The van der Waals surface area contributed by atoms with Gasteiger partial charge in [0.05, 0.1) is 17.8 Å². The third kappa shape index (κ3) is 3.48. The number of carbonyl (C=O) groups is 2. The molecular formula is C17H19N3O3. The SMILES string of the molecule is Cc1cc(NC(=O)c2cnn(C3CCOCC3)c2)ccc1C=O. The second kappa shape index (κ2) is 6.75. The normalized spacial score (nSPS) is 15.3. The van der Waals surface area contributed by atoms with E-state index in [0.717, 1.165) is 37.9 Å². The van der Waals surface area contributed by atoms with Gasteiger partial charge in [-0.25, -0.2) is 0 Å². The molecule has 1 aliphatic heterocycles. The van der Waals surface area contributed by atoms with Gasteiger partial charge in [-0.05, 0) is 43.5 Å². The zero-order chi connectivity index (χ0) is 16.2. The standard InChI is InChI=1S/C17H19N3O3/c1-12-8-15(3-2-13(12)11-21)19-17(22)14-9-18-20(10-14)16-4-6-23-7-5-16/h2-3,8-11,16H,4-7H2,1H3,(H,19,22). The molecule has 1 amide bonds. The minimum absolute atomic E-state index is 0.207. The van der Waals surface area contributed by atoms with E-state index in [0.29, 0.717) is 22.9 Å². The number of rotatable bonds is 4. The smallest absolute Gasteiger partial charge is 0.258 e. The minimum atomic E-state index is -0.207. The van der Waals surface area contributed by atoms with Crippen LogP contribution in [0.5, 0.6) is 0 Å². The van der Waals surface area contributed by atoms with E-state index in [-0.39, 0.29) is 5.91 Å². The van der Waals surface area contributed by atoms with Crippen LogP contribution < -0.4 is 5.32 Å². The van der Waals surface area contributed by atoms with E-state index >= 15 is 0 Å². The summed E-state index contributed by atoms with van der Waals surface area (Å²) in [5.74, 6) is -0.207. The van der Waals surface area contributed by atoms with E-state index in [9.17, 15) is 9.59 Å². The topological polar surface area (TPSA) is 73.2 Å². The van der Waals surface area contributed by atoms with Gasteiger partial charge in [-0.3, -0.25) is 14.3 Å². The number of nitrogens with zero attached hydrogens (tertiary/aromatic N) is 2. The first-order chi connectivity index (χ1) is 11.2. The highest BCUT2D eigenvalue weighted by Gasteiger charge is 2.18. The van der Waals surface area contributed by atoms with Crippen molar-refractivity contribution in [2.24, 2.45) is 0 Å². The lowest BCUT2D eigenvalue weighted by Gasteiger charge is -2.22. The molecule has 0 radical (unpaired) electrons. The zero-order valence-electron chi connectivity index (χ0n) is 13.0. The zero-order valence-corrected chi connectivity index (χ0v) is 13.0. The Bertz CT molecular complexity index is 718. The van der Waals surface area contributed by atoms with Gasteiger partial charge in [-0.1, -0.05) is 0 Å². The van der Waals surface area contributed by atoms with Crippen LogP contribution in [0.1, 0.15) is 45.2 Å². The van der Waals surface area contributed by atoms with Crippen LogP contribution in [0.2, 0.25) is 0 Å². The van der Waals surface area contributed by atoms with Gasteiger partial charge in [-0.15, -0.1) is 0 Å². The largest absolute Gasteiger partial charge is 0.381 e. The van der Waals surface area contributed by atoms with Crippen molar-refractivity contribution in [2.45, 2.75) is 25.8 Å². The molecule has 6 heteroatoms. The van der Waals surface area contributed by atoms with Crippen molar-refractivity contribution in [1.29, 1.82) is 0 Å². The van der Waals surface area contributed by atoms with Gasteiger partial charge in [0.25, 0.3) is 5.91 Å². The number of anilines is 1. The van der Waals surface area contributed by atoms with Crippen molar-refractivity contribution in [2.75, 3.05) is 18.5 Å². The van der Waals surface area contributed by atoms with E-state index in [4.69, 9.17) is 4.74 Å². The minimum Gasteiger partial charge on any atom is -0.381 e. The molecule has 1 aromatic heterocycles. The highest BCUT2D eigenvalue weighted by Crippen LogP contribution is 2.21. The molecule has 0 bridgehead atoms. The summed E-state index contributed by atoms with van der Waals surface area (Å²) in [7, 11) is 0. The fraction of sp³-hybridized carbons (Fsp3) is 0.353. The Hall–Kier alpha value is -2.47. The first-order valence-electron chi connectivity index (χ1n) is 7.66. The summed E-state index contributed by atoms with van der Waals surface area (Å²) in [5.41, 5.74) is 2.64. The van der Waals surface area contributed by atoms with Crippen LogP contribution in [0.3, 0.4) is 0 Å². The van der Waals surface area contributed by atoms with Crippen molar-refractivity contribution in [3.05, 3.63) is 47.3 Å². The molecule has 2 heterocycles. The summed E-state index contributed by atoms with van der Waals surface area (Å²) in [6.07, 6.45) is 5.98. The number of hydrogen-bond donors (Lipinski definition) is 1. The van der Waals surface area contributed by atoms with E-state index in [2.05, 4.69) is 10.4 Å². The average molecular weight is 313 g/mol. The van der Waals surface area contributed by atoms with Crippen LogP contribution in [0, 0.1) is 6.92 Å². The number of aryl methyl sites for hydroxylation is 1. The molecule has 0 spiro atoms. The quantitative estimate of drug-likeness (QED) is 0.881. The fourth-order valence-electron chi connectivity index (χ4n) is 2.69. The van der Waals surface area contributed by atoms with Gasteiger partial charge in [0.1, 0.15) is 6.29 Å². The van der Waals surface area contributed by atoms with Crippen molar-refractivity contribution in [3.8, 4) is 0 Å². The second-order valence-electron chi connectivity index (χ2n) is 5.70. The van der Waals surface area contributed by atoms with Crippen LogP contribution in [-0.4, -0.2) is 35.2 Å². The van der Waals surface area contributed by atoms with Crippen molar-refractivity contribution >= 4 is 17.9 Å². The maximum atomic E-state index is 12.3. The number of amides is 1. The van der Waals surface area contributed by atoms with Gasteiger partial charge < -0.3 is 10.1 Å². The molecule has 23 heavy (non-hydrogen) atoms. The van der Waals surface area contributed by atoms with Gasteiger partial charge in [-0.2, -0.15) is 5.10 Å². The van der Waals surface area contributed by atoms with Gasteiger partial charge in [0.2, 0.25) is 0 Å². The van der Waals surface area contributed by atoms with Gasteiger partial charge >= 0.3 is 0 Å². The van der Waals surface area contributed by atoms with E-state index in [1.54, 1.807) is 30.6 Å². The van der Waals surface area contributed by atoms with Crippen LogP contribution in [0.4, 0.5) is 5.69 Å². The molecule has 1 fully saturated rings. The third-order valence-electron chi connectivity index (χ3n) is 4.08. The van der Waals surface area contributed by atoms with Crippen molar-refractivity contribution in [1.82, 2.24) is 9.78 Å². The lowest BCUT2D eigenvalue weighted by Crippen LogP contribution is -2.20. The van der Waals surface area contributed by atoms with Crippen LogP contribution in [0.15, 0.2) is 30.6 Å². The summed E-state index contributed by atoms with van der Waals surface area (Å²) in [5, 5.41) is 7.14. The molecule has 1 saturated heterocycles. The fourth-order valence-corrected chi connectivity index (χ4v) is 2.69. The number of nitrogens with one attached hydrogen (secondary N) is 1. The Morgan fingerprint density at radius 2 is 2.17 bits per heavy atom. The first-order valence-corrected chi connectivity index (χ1v) is 7.66. The van der Waals surface area contributed by atoms with Crippen molar-refractivity contribution in [3.63, 3.8) is 0 Å². The predicted octanol–water partition coefficient (Wildman–Crippen LogP) is 2.61. The number of aromatic nitrogens is 2. The molecule has 0 atom stereocenters. The van der Waals surface area contributed by atoms with E-state index in [1.165, 1.54) is 0 Å². The number of ether oxygens (including phenoxy) is 1. The molecule has 0 unspecified atom stereocenters. The van der Waals surface area contributed by atoms with Gasteiger partial charge in [0, 0.05) is 30.7 Å². The van der Waals surface area contributed by atoms with Crippen LogP contribution in [-0.2, 0) is 4.74 Å². The predicted molar refractivity (Wildman–Crippen MR) is 85.8 cm³/mol. The van der Waals surface area contributed by atoms with E-state index in [1.807, 2.05) is 11.6 Å². The number of aldehydes is 1. The molecule has 0 saturated carbocycles. The maximum Gasteiger partial charge on any atom is 0.258 e. The molecule has 1 N–H and O–H groups in total. The molecule has 2 aromatic rings. The Morgan fingerprint density at radius 3 is 2.87 bits per heavy atom. The molecule has 120 valence electrons. The molecule has 0 aliphatic carbocycles. The van der Waals surface area contributed by atoms with Gasteiger partial charge in [0.15, 0.2) is 0 Å². The Balaban J connectivity index is 1.69. The summed E-state index contributed by atoms with van der Waals surface area (Å²) < 4.78 is 7.18. The van der Waals surface area contributed by atoms with E-state index < -0.39 is 0 Å². The Kier molecular flexibility index (Phi) is 4.52. The van der Waals surface area contributed by atoms with Crippen LogP contribution in [0.25, 0.3) is 0 Å². The summed E-state index contributed by atoms with van der Waals surface area (Å²) >= 11 is 0. The number of benzene rings is 1. The monoisotopic (exact) mass is 313 g/mol. The molecule has 1 aromatic carbocycles. The average Bonchev–Trinajstić information content (AvgIpc) is 3.06. The van der Waals surface area contributed by atoms with Crippen molar-refractivity contribution < 1.29 is 14.3 Å². The summed E-state index contributed by atoms with van der Waals surface area (Å²) in [6, 6.07) is 5.49. The highest BCUT2D eigenvalue weighted by molar-refractivity contribution is 6.04. The summed E-state index contributed by atoms with van der Waals surface area (Å²) in [4.78, 5) is 23.1.